The van der Waals surface area contributed by atoms with Crippen molar-refractivity contribution in [2.45, 2.75) is 46.0 Å². The van der Waals surface area contributed by atoms with Gasteiger partial charge in [0, 0.05) is 24.0 Å². The van der Waals surface area contributed by atoms with Crippen LogP contribution in [0, 0.1) is 0 Å². The van der Waals surface area contributed by atoms with E-state index in [4.69, 9.17) is 4.74 Å². The molecule has 0 spiro atoms. The Kier molecular flexibility index (Phi) is 9.55. The number of nitrogens with one attached hydrogen (secondary N) is 3. The van der Waals surface area contributed by atoms with Crippen LogP contribution < -0.4 is 20.7 Å². The van der Waals surface area contributed by atoms with Gasteiger partial charge in [-0.25, -0.2) is 0 Å². The molecule has 0 aromatic heterocycles. The summed E-state index contributed by atoms with van der Waals surface area (Å²) >= 11 is 0. The van der Waals surface area contributed by atoms with Gasteiger partial charge < -0.3 is 20.7 Å². The Balaban J connectivity index is 1.71. The van der Waals surface area contributed by atoms with E-state index in [-0.39, 0.29) is 18.4 Å². The summed E-state index contributed by atoms with van der Waals surface area (Å²) in [5.41, 5.74) is 2.16. The molecule has 0 bridgehead atoms. The first-order chi connectivity index (χ1) is 14.1. The van der Waals surface area contributed by atoms with Gasteiger partial charge in [-0.2, -0.15) is 0 Å². The Hall–Kier alpha value is -3.02. The highest BCUT2D eigenvalue weighted by atomic mass is 16.5. The average molecular weight is 398 g/mol. The number of rotatable bonds is 12. The van der Waals surface area contributed by atoms with Crippen LogP contribution in [0.3, 0.4) is 0 Å². The van der Waals surface area contributed by atoms with Gasteiger partial charge in [-0.1, -0.05) is 38.7 Å². The van der Waals surface area contributed by atoms with E-state index < -0.39 is 0 Å². The zero-order valence-electron chi connectivity index (χ0n) is 17.3. The van der Waals surface area contributed by atoms with Crippen LogP contribution in [-0.4, -0.2) is 25.0 Å². The van der Waals surface area contributed by atoms with Gasteiger partial charge in [0.2, 0.25) is 11.8 Å². The fourth-order valence-electron chi connectivity index (χ4n) is 2.83. The van der Waals surface area contributed by atoms with Crippen molar-refractivity contribution < 1.29 is 14.3 Å². The summed E-state index contributed by atoms with van der Waals surface area (Å²) in [6.45, 7) is 4.51. The first-order valence-corrected chi connectivity index (χ1v) is 10.2. The Morgan fingerprint density at radius 1 is 0.862 bits per heavy atom. The highest BCUT2D eigenvalue weighted by Gasteiger charge is 2.04. The van der Waals surface area contributed by atoms with Crippen molar-refractivity contribution in [3.8, 4) is 5.75 Å². The molecule has 6 nitrogen and oxygen atoms in total. The molecule has 3 N–H and O–H groups in total. The number of carbonyl (C=O) groups is 2. The molecule has 2 amide bonds. The Bertz CT molecular complexity index is 775. The number of ether oxygens (including phenoxy) is 1. The predicted octanol–water partition coefficient (Wildman–Crippen LogP) is 5.04. The first kappa shape index (κ1) is 22.3. The molecule has 0 radical (unpaired) electrons. The van der Waals surface area contributed by atoms with Crippen LogP contribution in [-0.2, 0) is 9.59 Å². The standard InChI is InChI=1S/C23H31N3O3/c1-3-4-5-6-7-15-29-22-13-11-19(12-14-22)26-23(28)17-24-20-9-8-10-21(16-20)25-18(2)27/h8-14,16,24H,3-7,15,17H2,1-2H3,(H,25,27)(H,26,28). The summed E-state index contributed by atoms with van der Waals surface area (Å²) in [5.74, 6) is 0.523. The van der Waals surface area contributed by atoms with Gasteiger partial charge in [0.15, 0.2) is 0 Å². The van der Waals surface area contributed by atoms with E-state index in [0.717, 1.165) is 30.2 Å². The lowest BCUT2D eigenvalue weighted by Gasteiger charge is -2.10. The number of unbranched alkanes of at least 4 members (excludes halogenated alkanes) is 4. The second kappa shape index (κ2) is 12.4. The largest absolute Gasteiger partial charge is 0.494 e. The smallest absolute Gasteiger partial charge is 0.243 e. The molecule has 0 aliphatic heterocycles. The van der Waals surface area contributed by atoms with Gasteiger partial charge in [-0.15, -0.1) is 0 Å². The molecule has 2 aromatic carbocycles. The second-order valence-electron chi connectivity index (χ2n) is 6.95. The lowest BCUT2D eigenvalue weighted by molar-refractivity contribution is -0.115. The van der Waals surface area contributed by atoms with Crippen molar-refractivity contribution in [1.82, 2.24) is 0 Å². The summed E-state index contributed by atoms with van der Waals surface area (Å²) in [4.78, 5) is 23.3. The fourth-order valence-corrected chi connectivity index (χ4v) is 2.83. The Morgan fingerprint density at radius 3 is 2.31 bits per heavy atom. The van der Waals surface area contributed by atoms with Crippen LogP contribution in [0.4, 0.5) is 17.1 Å². The van der Waals surface area contributed by atoms with Crippen molar-refractivity contribution in [3.63, 3.8) is 0 Å². The number of amides is 2. The number of anilines is 3. The second-order valence-corrected chi connectivity index (χ2v) is 6.95. The van der Waals surface area contributed by atoms with Gasteiger partial charge >= 0.3 is 0 Å². The molecule has 6 heteroatoms. The third-order valence-corrected chi connectivity index (χ3v) is 4.29. The summed E-state index contributed by atoms with van der Waals surface area (Å²) in [7, 11) is 0. The highest BCUT2D eigenvalue weighted by Crippen LogP contribution is 2.17. The summed E-state index contributed by atoms with van der Waals surface area (Å²) < 4.78 is 5.74. The monoisotopic (exact) mass is 397 g/mol. The number of benzene rings is 2. The zero-order valence-corrected chi connectivity index (χ0v) is 17.3. The molecule has 2 aromatic rings. The van der Waals surface area contributed by atoms with E-state index in [1.54, 1.807) is 12.1 Å². The predicted molar refractivity (Wildman–Crippen MR) is 119 cm³/mol. The molecule has 0 unspecified atom stereocenters. The van der Waals surface area contributed by atoms with Crippen LogP contribution in [0.2, 0.25) is 0 Å². The van der Waals surface area contributed by atoms with E-state index in [9.17, 15) is 9.59 Å². The summed E-state index contributed by atoms with van der Waals surface area (Å²) in [6, 6.07) is 14.6. The minimum atomic E-state index is -0.153. The maximum absolute atomic E-state index is 12.2. The van der Waals surface area contributed by atoms with Gasteiger partial charge in [-0.05, 0) is 48.9 Å². The van der Waals surface area contributed by atoms with Crippen molar-refractivity contribution in [2.75, 3.05) is 29.1 Å². The Morgan fingerprint density at radius 2 is 1.59 bits per heavy atom. The van der Waals surface area contributed by atoms with Crippen molar-refractivity contribution in [3.05, 3.63) is 48.5 Å². The van der Waals surface area contributed by atoms with Crippen molar-refractivity contribution in [2.24, 2.45) is 0 Å². The third-order valence-electron chi connectivity index (χ3n) is 4.29. The SMILES string of the molecule is CCCCCCCOc1ccc(NC(=O)CNc2cccc(NC(C)=O)c2)cc1. The number of hydrogen-bond acceptors (Lipinski definition) is 4. The van der Waals surface area contributed by atoms with Gasteiger partial charge in [0.05, 0.1) is 13.2 Å². The van der Waals surface area contributed by atoms with Gasteiger partial charge in [0.25, 0.3) is 0 Å². The quantitative estimate of drug-likeness (QED) is 0.438. The van der Waals surface area contributed by atoms with Crippen LogP contribution in [0.1, 0.15) is 46.0 Å². The number of carbonyl (C=O) groups excluding carboxylic acids is 2. The molecule has 0 saturated carbocycles. The molecular formula is C23H31N3O3. The van der Waals surface area contributed by atoms with Crippen LogP contribution in [0.25, 0.3) is 0 Å². The first-order valence-electron chi connectivity index (χ1n) is 10.2. The topological polar surface area (TPSA) is 79.5 Å². The molecule has 156 valence electrons. The van der Waals surface area contributed by atoms with E-state index in [1.807, 2.05) is 36.4 Å². The fraction of sp³-hybridized carbons (Fsp3) is 0.391. The average Bonchev–Trinajstić information content (AvgIpc) is 2.70. The van der Waals surface area contributed by atoms with Crippen molar-refractivity contribution >= 4 is 28.9 Å². The third kappa shape index (κ3) is 9.14. The lowest BCUT2D eigenvalue weighted by atomic mass is 10.2. The van der Waals surface area contributed by atoms with E-state index in [0.29, 0.717) is 5.69 Å². The minimum Gasteiger partial charge on any atom is -0.494 e. The van der Waals surface area contributed by atoms with Crippen LogP contribution in [0.15, 0.2) is 48.5 Å². The van der Waals surface area contributed by atoms with E-state index >= 15 is 0 Å². The molecule has 29 heavy (non-hydrogen) atoms. The summed E-state index contributed by atoms with van der Waals surface area (Å²) in [5, 5.41) is 8.61. The highest BCUT2D eigenvalue weighted by molar-refractivity contribution is 5.94. The van der Waals surface area contributed by atoms with Gasteiger partial charge in [0.1, 0.15) is 5.75 Å². The minimum absolute atomic E-state index is 0.125. The molecule has 0 atom stereocenters. The zero-order chi connectivity index (χ0) is 20.9. The van der Waals surface area contributed by atoms with Crippen LogP contribution in [0.5, 0.6) is 5.75 Å². The molecular weight excluding hydrogens is 366 g/mol. The molecule has 0 saturated heterocycles. The molecule has 0 aliphatic rings. The molecule has 0 fully saturated rings. The Labute approximate surface area is 173 Å². The number of hydrogen-bond donors (Lipinski definition) is 3. The normalized spacial score (nSPS) is 10.3. The van der Waals surface area contributed by atoms with E-state index in [2.05, 4.69) is 22.9 Å². The van der Waals surface area contributed by atoms with E-state index in [1.165, 1.54) is 32.6 Å². The molecule has 2 rings (SSSR count). The van der Waals surface area contributed by atoms with Crippen molar-refractivity contribution in [1.29, 1.82) is 0 Å². The lowest BCUT2D eigenvalue weighted by Crippen LogP contribution is -2.21. The van der Waals surface area contributed by atoms with Crippen LogP contribution >= 0.6 is 0 Å². The maximum Gasteiger partial charge on any atom is 0.243 e. The summed E-state index contributed by atoms with van der Waals surface area (Å²) in [6.07, 6.45) is 6.05. The van der Waals surface area contributed by atoms with Gasteiger partial charge in [-0.3, -0.25) is 9.59 Å². The molecule has 0 heterocycles. The maximum atomic E-state index is 12.2. The molecule has 0 aliphatic carbocycles.